The summed E-state index contributed by atoms with van der Waals surface area (Å²) in [4.78, 5) is 0. The minimum atomic E-state index is -0.145. The van der Waals surface area contributed by atoms with Crippen molar-refractivity contribution in [2.24, 2.45) is 0 Å². The van der Waals surface area contributed by atoms with Gasteiger partial charge in [0.05, 0.1) is 0 Å². The largest absolute Gasteiger partial charge is 0.508 e. The molecule has 0 bridgehead atoms. The van der Waals surface area contributed by atoms with E-state index < -0.39 is 0 Å². The molecule has 0 saturated carbocycles. The minimum absolute atomic E-state index is 0.145. The van der Waals surface area contributed by atoms with Crippen LogP contribution in [0.5, 0.6) is 17.2 Å². The van der Waals surface area contributed by atoms with E-state index in [0.29, 0.717) is 5.75 Å². The van der Waals surface area contributed by atoms with Crippen LogP contribution < -0.4 is 4.74 Å². The van der Waals surface area contributed by atoms with Gasteiger partial charge < -0.3 is 9.84 Å². The third-order valence-electron chi connectivity index (χ3n) is 5.73. The zero-order valence-corrected chi connectivity index (χ0v) is 17.4. The van der Waals surface area contributed by atoms with Gasteiger partial charge in [-0.05, 0) is 52.6 Å². The molecule has 29 heavy (non-hydrogen) atoms. The van der Waals surface area contributed by atoms with Gasteiger partial charge in [0.2, 0.25) is 0 Å². The zero-order valence-electron chi connectivity index (χ0n) is 17.4. The molecule has 0 unspecified atom stereocenters. The monoisotopic (exact) mass is 380 g/mol. The van der Waals surface area contributed by atoms with Gasteiger partial charge in [0.1, 0.15) is 31.8 Å². The highest BCUT2D eigenvalue weighted by molar-refractivity contribution is 6.68. The number of ether oxygens (including phenoxy) is 1. The Hall–Kier alpha value is -2.61. The second-order valence-corrected chi connectivity index (χ2v) is 8.80. The molecule has 2 nitrogen and oxygen atoms in total. The van der Waals surface area contributed by atoms with Gasteiger partial charge in [-0.3, -0.25) is 0 Å². The van der Waals surface area contributed by atoms with Crippen molar-refractivity contribution in [3.8, 4) is 17.2 Å². The van der Waals surface area contributed by atoms with Gasteiger partial charge in [-0.1, -0.05) is 80.9 Å². The van der Waals surface area contributed by atoms with E-state index >= 15 is 0 Å². The molecule has 0 aromatic heterocycles. The van der Waals surface area contributed by atoms with Crippen LogP contribution in [0.2, 0.25) is 12.6 Å². The molecule has 1 saturated heterocycles. The molecule has 0 spiro atoms. The molecule has 1 N–H and O–H groups in total. The fourth-order valence-corrected chi connectivity index (χ4v) is 4.04. The van der Waals surface area contributed by atoms with Gasteiger partial charge in [0.25, 0.3) is 0 Å². The molecule has 0 amide bonds. The van der Waals surface area contributed by atoms with E-state index in [0.717, 1.165) is 18.4 Å². The van der Waals surface area contributed by atoms with E-state index in [1.807, 2.05) is 12.1 Å². The van der Waals surface area contributed by atoms with Crippen molar-refractivity contribution in [3.05, 3.63) is 89.5 Å². The van der Waals surface area contributed by atoms with Crippen molar-refractivity contribution in [2.75, 3.05) is 0 Å². The van der Waals surface area contributed by atoms with Crippen LogP contribution in [0.15, 0.2) is 72.8 Å². The topological polar surface area (TPSA) is 29.5 Å². The predicted molar refractivity (Wildman–Crippen MR) is 122 cm³/mol. The van der Waals surface area contributed by atoms with Crippen molar-refractivity contribution in [2.45, 2.75) is 44.0 Å². The van der Waals surface area contributed by atoms with E-state index in [1.54, 1.807) is 24.3 Å². The smallest absolute Gasteiger partial charge is 0.127 e. The lowest BCUT2D eigenvalue weighted by atomic mass is 9.36. The summed E-state index contributed by atoms with van der Waals surface area (Å²) in [6, 6.07) is 24.2. The summed E-state index contributed by atoms with van der Waals surface area (Å²) in [5.41, 5.74) is 4.08. The standard InChI is InChI=1S/C25H26B2O2/c1-24(2,3)18-4-6-19(7-5-18)25(26-16-17-27-25)20-8-12-22(13-9-20)29-23-14-10-21(28)11-15-23/h4-15,28H,16-17H2,1-3H3. The first-order valence-electron chi connectivity index (χ1n) is 10.2. The highest BCUT2D eigenvalue weighted by atomic mass is 16.5. The molecule has 0 aliphatic carbocycles. The van der Waals surface area contributed by atoms with E-state index in [1.165, 1.54) is 16.7 Å². The summed E-state index contributed by atoms with van der Waals surface area (Å²) in [7, 11) is 4.85. The lowest BCUT2D eigenvalue weighted by Gasteiger charge is -2.31. The van der Waals surface area contributed by atoms with E-state index in [-0.39, 0.29) is 16.4 Å². The van der Waals surface area contributed by atoms with Crippen LogP contribution in [-0.2, 0) is 10.6 Å². The zero-order chi connectivity index (χ0) is 20.5. The van der Waals surface area contributed by atoms with Crippen molar-refractivity contribution in [3.63, 3.8) is 0 Å². The molecule has 3 aromatic carbocycles. The molecule has 0 atom stereocenters. The van der Waals surface area contributed by atoms with Crippen LogP contribution in [-0.4, -0.2) is 19.7 Å². The Bertz CT molecular complexity index is 950. The minimum Gasteiger partial charge on any atom is -0.508 e. The maximum atomic E-state index is 9.42. The number of phenols is 1. The first-order valence-corrected chi connectivity index (χ1v) is 10.2. The Morgan fingerprint density at radius 2 is 1.17 bits per heavy atom. The fraction of sp³-hybridized carbons (Fsp3) is 0.280. The normalized spacial score (nSPS) is 15.4. The fourth-order valence-electron chi connectivity index (χ4n) is 4.04. The number of aromatic hydroxyl groups is 1. The van der Waals surface area contributed by atoms with Crippen LogP contribution >= 0.6 is 0 Å². The molecule has 1 aliphatic rings. The van der Waals surface area contributed by atoms with Gasteiger partial charge in [0, 0.05) is 0 Å². The van der Waals surface area contributed by atoms with Crippen LogP contribution in [0.1, 0.15) is 37.5 Å². The first-order chi connectivity index (χ1) is 13.9. The highest BCUT2D eigenvalue weighted by Crippen LogP contribution is 2.38. The van der Waals surface area contributed by atoms with Gasteiger partial charge in [-0.25, -0.2) is 0 Å². The lowest BCUT2D eigenvalue weighted by Crippen LogP contribution is -2.35. The SMILES string of the molecule is CC(C)(C)c1ccc(C2(c3ccc(Oc4ccc(O)cc4)cc3)[B]CC[B]2)cc1. The van der Waals surface area contributed by atoms with Gasteiger partial charge >= 0.3 is 0 Å². The number of benzene rings is 3. The molecule has 4 heteroatoms. The number of hydrogen-bond acceptors (Lipinski definition) is 2. The second-order valence-electron chi connectivity index (χ2n) is 8.80. The van der Waals surface area contributed by atoms with Crippen molar-refractivity contribution in [1.29, 1.82) is 0 Å². The molecule has 1 fully saturated rings. The summed E-state index contributed by atoms with van der Waals surface area (Å²) in [5, 5.41) is 9.27. The van der Waals surface area contributed by atoms with Crippen molar-refractivity contribution >= 4 is 14.6 Å². The van der Waals surface area contributed by atoms with Gasteiger partial charge in [0.15, 0.2) is 0 Å². The molecule has 1 aliphatic heterocycles. The van der Waals surface area contributed by atoms with Gasteiger partial charge in [-0.2, -0.15) is 0 Å². The maximum Gasteiger partial charge on any atom is 0.127 e. The number of phenolic OH excluding ortho intramolecular Hbond substituents is 1. The average Bonchev–Trinajstić information content (AvgIpc) is 3.21. The van der Waals surface area contributed by atoms with Crippen LogP contribution in [0.4, 0.5) is 0 Å². The summed E-state index contributed by atoms with van der Waals surface area (Å²) in [6.07, 6.45) is 2.18. The predicted octanol–water partition coefficient (Wildman–Crippen LogP) is 5.94. The van der Waals surface area contributed by atoms with Crippen LogP contribution in [0.3, 0.4) is 0 Å². The van der Waals surface area contributed by atoms with Gasteiger partial charge in [-0.15, -0.1) is 0 Å². The van der Waals surface area contributed by atoms with Crippen molar-refractivity contribution < 1.29 is 9.84 Å². The summed E-state index contributed by atoms with van der Waals surface area (Å²) in [6.45, 7) is 6.75. The molecule has 1 heterocycles. The van der Waals surface area contributed by atoms with Crippen LogP contribution in [0.25, 0.3) is 0 Å². The summed E-state index contributed by atoms with van der Waals surface area (Å²) >= 11 is 0. The quantitative estimate of drug-likeness (QED) is 0.568. The third kappa shape index (κ3) is 4.07. The average molecular weight is 380 g/mol. The van der Waals surface area contributed by atoms with E-state index in [2.05, 4.69) is 71.7 Å². The summed E-state index contributed by atoms with van der Waals surface area (Å²) < 4.78 is 5.91. The Morgan fingerprint density at radius 1 is 0.724 bits per heavy atom. The first kappa shape index (κ1) is 19.7. The maximum absolute atomic E-state index is 9.42. The number of hydrogen-bond donors (Lipinski definition) is 1. The van der Waals surface area contributed by atoms with E-state index in [4.69, 9.17) is 4.74 Å². The van der Waals surface area contributed by atoms with E-state index in [9.17, 15) is 5.11 Å². The molecular weight excluding hydrogens is 354 g/mol. The molecular formula is C25H26B2O2. The molecule has 144 valence electrons. The lowest BCUT2D eigenvalue weighted by molar-refractivity contribution is 0.464. The number of rotatable bonds is 4. The van der Waals surface area contributed by atoms with Crippen molar-refractivity contribution in [1.82, 2.24) is 0 Å². The molecule has 4 rings (SSSR count). The Kier molecular flexibility index (Phi) is 5.21. The van der Waals surface area contributed by atoms with Crippen LogP contribution in [0, 0.1) is 0 Å². The summed E-state index contributed by atoms with van der Waals surface area (Å²) in [5.74, 6) is 1.73. The molecule has 3 aromatic rings. The molecule has 2 radical (unpaired) electrons. The second kappa shape index (κ2) is 7.66. The Labute approximate surface area is 175 Å². The highest BCUT2D eigenvalue weighted by Gasteiger charge is 2.38. The third-order valence-corrected chi connectivity index (χ3v) is 5.73. The Morgan fingerprint density at radius 3 is 1.66 bits per heavy atom. The Balaban J connectivity index is 1.61.